The maximum absolute atomic E-state index is 11.8. The first-order valence-electron chi connectivity index (χ1n) is 5.39. The first-order chi connectivity index (χ1) is 7.57. The Bertz CT molecular complexity index is 386. The molecule has 0 N–H and O–H groups in total. The first kappa shape index (κ1) is 11.9. The highest BCUT2D eigenvalue weighted by Gasteiger charge is 2.51. The summed E-state index contributed by atoms with van der Waals surface area (Å²) >= 11 is 2.28. The fourth-order valence-corrected chi connectivity index (χ4v) is 3.05. The number of hydrogen-bond donors (Lipinski definition) is 0. The summed E-state index contributed by atoms with van der Waals surface area (Å²) in [7, 11) is 0. The van der Waals surface area contributed by atoms with Crippen molar-refractivity contribution in [1.82, 2.24) is 0 Å². The standard InChI is InChI=1S/C13H15IO2/c1-13(2)11(9-6-4-3-5-7-9)10(8-14)16-12(13)15/h3-7,10-11H,8H2,1-2H3. The normalized spacial score (nSPS) is 27.8. The van der Waals surface area contributed by atoms with Gasteiger partial charge in [-0.05, 0) is 19.4 Å². The van der Waals surface area contributed by atoms with E-state index in [0.717, 1.165) is 4.43 Å². The van der Waals surface area contributed by atoms with Gasteiger partial charge in [0.2, 0.25) is 0 Å². The van der Waals surface area contributed by atoms with Crippen molar-refractivity contribution in [3.63, 3.8) is 0 Å². The van der Waals surface area contributed by atoms with Gasteiger partial charge >= 0.3 is 5.97 Å². The topological polar surface area (TPSA) is 26.3 Å². The smallest absolute Gasteiger partial charge is 0.312 e. The molecule has 2 nitrogen and oxygen atoms in total. The van der Waals surface area contributed by atoms with Crippen molar-refractivity contribution in [2.45, 2.75) is 25.9 Å². The van der Waals surface area contributed by atoms with Crippen molar-refractivity contribution in [3.05, 3.63) is 35.9 Å². The van der Waals surface area contributed by atoms with Crippen LogP contribution in [0.15, 0.2) is 30.3 Å². The van der Waals surface area contributed by atoms with E-state index in [1.807, 2.05) is 32.0 Å². The zero-order valence-electron chi connectivity index (χ0n) is 9.44. The highest BCUT2D eigenvalue weighted by Crippen LogP contribution is 2.46. The highest BCUT2D eigenvalue weighted by atomic mass is 127. The zero-order valence-corrected chi connectivity index (χ0v) is 11.6. The molecule has 1 heterocycles. The Morgan fingerprint density at radius 2 is 1.94 bits per heavy atom. The van der Waals surface area contributed by atoms with Gasteiger partial charge in [-0.2, -0.15) is 0 Å². The molecular weight excluding hydrogens is 315 g/mol. The summed E-state index contributed by atoms with van der Waals surface area (Å²) in [6, 6.07) is 10.2. The molecule has 0 radical (unpaired) electrons. The molecule has 16 heavy (non-hydrogen) atoms. The van der Waals surface area contributed by atoms with Gasteiger partial charge in [-0.15, -0.1) is 0 Å². The number of alkyl halides is 1. The van der Waals surface area contributed by atoms with Crippen LogP contribution in [-0.4, -0.2) is 16.5 Å². The van der Waals surface area contributed by atoms with Gasteiger partial charge in [-0.1, -0.05) is 52.9 Å². The minimum atomic E-state index is -0.419. The van der Waals surface area contributed by atoms with Gasteiger partial charge in [0, 0.05) is 10.3 Å². The van der Waals surface area contributed by atoms with E-state index in [4.69, 9.17) is 4.74 Å². The van der Waals surface area contributed by atoms with E-state index < -0.39 is 5.41 Å². The molecule has 0 aromatic heterocycles. The lowest BCUT2D eigenvalue weighted by molar-refractivity contribution is -0.146. The van der Waals surface area contributed by atoms with Crippen LogP contribution in [0.4, 0.5) is 0 Å². The van der Waals surface area contributed by atoms with E-state index in [1.54, 1.807) is 0 Å². The fraction of sp³-hybridized carbons (Fsp3) is 0.462. The molecule has 1 saturated heterocycles. The molecular formula is C13H15IO2. The van der Waals surface area contributed by atoms with Crippen LogP contribution < -0.4 is 0 Å². The maximum Gasteiger partial charge on any atom is 0.312 e. The third-order valence-corrected chi connectivity index (χ3v) is 4.11. The van der Waals surface area contributed by atoms with E-state index in [9.17, 15) is 4.79 Å². The van der Waals surface area contributed by atoms with Gasteiger partial charge < -0.3 is 4.74 Å². The first-order valence-corrected chi connectivity index (χ1v) is 6.92. The average Bonchev–Trinajstić information content (AvgIpc) is 2.51. The van der Waals surface area contributed by atoms with Crippen LogP contribution in [0.3, 0.4) is 0 Å². The van der Waals surface area contributed by atoms with E-state index in [2.05, 4.69) is 34.7 Å². The number of halogens is 1. The summed E-state index contributed by atoms with van der Waals surface area (Å²) in [5.41, 5.74) is 0.775. The van der Waals surface area contributed by atoms with Gasteiger partial charge in [0.15, 0.2) is 0 Å². The molecule has 2 unspecified atom stereocenters. The average molecular weight is 330 g/mol. The molecule has 0 aliphatic carbocycles. The van der Waals surface area contributed by atoms with Crippen LogP contribution in [-0.2, 0) is 9.53 Å². The van der Waals surface area contributed by atoms with Crippen molar-refractivity contribution in [3.8, 4) is 0 Å². The lowest BCUT2D eigenvalue weighted by atomic mass is 9.74. The molecule has 1 aromatic carbocycles. The molecule has 2 atom stereocenters. The Morgan fingerprint density at radius 3 is 2.50 bits per heavy atom. The van der Waals surface area contributed by atoms with Crippen molar-refractivity contribution in [1.29, 1.82) is 0 Å². The Balaban J connectivity index is 2.41. The number of ether oxygens (including phenoxy) is 1. The number of benzene rings is 1. The minimum Gasteiger partial charge on any atom is -0.460 e. The number of rotatable bonds is 2. The number of cyclic esters (lactones) is 1. The molecule has 86 valence electrons. The molecule has 0 bridgehead atoms. The zero-order chi connectivity index (χ0) is 11.8. The van der Waals surface area contributed by atoms with Crippen molar-refractivity contribution < 1.29 is 9.53 Å². The summed E-state index contributed by atoms with van der Waals surface area (Å²) in [6.45, 7) is 3.94. The minimum absolute atomic E-state index is 0.00509. The molecule has 1 aliphatic rings. The van der Waals surface area contributed by atoms with Gasteiger partial charge in [-0.3, -0.25) is 4.79 Å². The Kier molecular flexibility index (Phi) is 3.24. The highest BCUT2D eigenvalue weighted by molar-refractivity contribution is 14.1. The second kappa shape index (κ2) is 4.35. The Labute approximate surface area is 110 Å². The molecule has 0 saturated carbocycles. The van der Waals surface area contributed by atoms with Crippen LogP contribution in [0.2, 0.25) is 0 Å². The van der Waals surface area contributed by atoms with Crippen LogP contribution >= 0.6 is 22.6 Å². The summed E-state index contributed by atoms with van der Waals surface area (Å²) < 4.78 is 6.29. The maximum atomic E-state index is 11.8. The van der Waals surface area contributed by atoms with Gasteiger partial charge in [0.1, 0.15) is 6.10 Å². The van der Waals surface area contributed by atoms with Gasteiger partial charge in [0.25, 0.3) is 0 Å². The van der Waals surface area contributed by atoms with Crippen LogP contribution in [0.25, 0.3) is 0 Å². The molecule has 2 rings (SSSR count). The summed E-state index contributed by atoms with van der Waals surface area (Å²) in [5.74, 6) is 0.0844. The van der Waals surface area contributed by atoms with E-state index in [-0.39, 0.29) is 18.0 Å². The number of carbonyl (C=O) groups excluding carboxylic acids is 1. The van der Waals surface area contributed by atoms with Gasteiger partial charge in [0.05, 0.1) is 5.41 Å². The molecule has 1 aromatic rings. The third-order valence-electron chi connectivity index (χ3n) is 3.24. The Morgan fingerprint density at radius 1 is 1.31 bits per heavy atom. The fourth-order valence-electron chi connectivity index (χ4n) is 2.36. The number of hydrogen-bond acceptors (Lipinski definition) is 2. The molecule has 0 spiro atoms. The van der Waals surface area contributed by atoms with Crippen molar-refractivity contribution in [2.75, 3.05) is 4.43 Å². The van der Waals surface area contributed by atoms with E-state index >= 15 is 0 Å². The molecule has 0 amide bonds. The molecule has 1 aliphatic heterocycles. The van der Waals surface area contributed by atoms with Crippen LogP contribution in [0.5, 0.6) is 0 Å². The monoisotopic (exact) mass is 330 g/mol. The SMILES string of the molecule is CC1(C)C(=O)OC(CI)C1c1ccccc1. The summed E-state index contributed by atoms with van der Waals surface area (Å²) in [4.78, 5) is 11.8. The summed E-state index contributed by atoms with van der Waals surface area (Å²) in [6.07, 6.45) is 0.00509. The Hall–Kier alpha value is -0.580. The van der Waals surface area contributed by atoms with E-state index in [0.29, 0.717) is 0 Å². The van der Waals surface area contributed by atoms with Crippen molar-refractivity contribution in [2.24, 2.45) is 5.41 Å². The quantitative estimate of drug-likeness (QED) is 0.473. The second-order valence-corrected chi connectivity index (χ2v) is 5.59. The molecule has 3 heteroatoms. The third kappa shape index (κ3) is 1.85. The predicted octanol–water partition coefficient (Wildman–Crippen LogP) is 3.16. The lowest BCUT2D eigenvalue weighted by Gasteiger charge is -2.24. The lowest BCUT2D eigenvalue weighted by Crippen LogP contribution is -2.27. The van der Waals surface area contributed by atoms with Crippen molar-refractivity contribution >= 4 is 28.6 Å². The number of esters is 1. The molecule has 1 fully saturated rings. The second-order valence-electron chi connectivity index (χ2n) is 4.71. The summed E-state index contributed by atoms with van der Waals surface area (Å²) in [5, 5.41) is 0. The predicted molar refractivity (Wildman–Crippen MR) is 71.7 cm³/mol. The van der Waals surface area contributed by atoms with Crippen LogP contribution in [0, 0.1) is 5.41 Å². The number of carbonyl (C=O) groups is 1. The van der Waals surface area contributed by atoms with Gasteiger partial charge in [-0.25, -0.2) is 0 Å². The van der Waals surface area contributed by atoms with Crippen LogP contribution in [0.1, 0.15) is 25.3 Å². The largest absolute Gasteiger partial charge is 0.460 e. The van der Waals surface area contributed by atoms with E-state index in [1.165, 1.54) is 5.56 Å².